The van der Waals surface area contributed by atoms with Crippen LogP contribution in [0.2, 0.25) is 5.02 Å². The maximum atomic E-state index is 11.6. The van der Waals surface area contributed by atoms with Crippen molar-refractivity contribution in [2.75, 3.05) is 0 Å². The molecule has 27 heavy (non-hydrogen) atoms. The summed E-state index contributed by atoms with van der Waals surface area (Å²) in [6, 6.07) is 11.7. The number of phenols is 1. The second-order valence-electron chi connectivity index (χ2n) is 5.43. The van der Waals surface area contributed by atoms with E-state index >= 15 is 0 Å². The van der Waals surface area contributed by atoms with Crippen LogP contribution in [-0.2, 0) is 10.1 Å². The maximum Gasteiger partial charge on any atom is 0.337 e. The number of phenolic OH excluding ortho intramolecular Hbond substituents is 1. The van der Waals surface area contributed by atoms with Gasteiger partial charge in [0, 0.05) is 5.39 Å². The third-order valence-electron chi connectivity index (χ3n) is 3.69. The fourth-order valence-corrected chi connectivity index (χ4v) is 3.38. The number of rotatable bonds is 4. The number of carboxylic acid groups (broad SMARTS) is 1. The van der Waals surface area contributed by atoms with Crippen LogP contribution in [0.4, 0.5) is 11.4 Å². The molecule has 3 N–H and O–H groups in total. The molecular weight excluding hydrogens is 396 g/mol. The number of fused-ring (bicyclic) bond motifs is 1. The predicted octanol–water partition coefficient (Wildman–Crippen LogP) is 4.56. The van der Waals surface area contributed by atoms with Crippen LogP contribution < -0.4 is 0 Å². The molecule has 3 aromatic rings. The van der Waals surface area contributed by atoms with Gasteiger partial charge in [-0.25, -0.2) is 4.79 Å². The minimum Gasteiger partial charge on any atom is -0.506 e. The number of hydrogen-bond acceptors (Lipinski definition) is 6. The Morgan fingerprint density at radius 2 is 1.74 bits per heavy atom. The smallest absolute Gasteiger partial charge is 0.337 e. The lowest BCUT2D eigenvalue weighted by molar-refractivity contribution is 0.0697. The Hall–Kier alpha value is -3.01. The van der Waals surface area contributed by atoms with E-state index in [0.717, 1.165) is 17.5 Å². The first-order chi connectivity index (χ1) is 12.7. The minimum absolute atomic E-state index is 0.0567. The molecule has 0 atom stereocenters. The fraction of sp³-hybridized carbons (Fsp3) is 0. The van der Waals surface area contributed by atoms with Crippen LogP contribution in [0.1, 0.15) is 10.4 Å². The Kier molecular flexibility index (Phi) is 4.83. The van der Waals surface area contributed by atoms with Gasteiger partial charge in [-0.2, -0.15) is 8.42 Å². The van der Waals surface area contributed by atoms with Crippen molar-refractivity contribution in [2.24, 2.45) is 10.2 Å². The number of halogens is 1. The molecule has 0 amide bonds. The fourth-order valence-electron chi connectivity index (χ4n) is 2.44. The molecule has 0 aliphatic heterocycles. The summed E-state index contributed by atoms with van der Waals surface area (Å²) in [6.45, 7) is 0. The number of azo groups is 1. The van der Waals surface area contributed by atoms with Gasteiger partial charge in [0.05, 0.1) is 10.6 Å². The van der Waals surface area contributed by atoms with Gasteiger partial charge >= 0.3 is 5.97 Å². The van der Waals surface area contributed by atoms with Gasteiger partial charge in [-0.05, 0) is 23.6 Å². The Labute approximate surface area is 158 Å². The summed E-state index contributed by atoms with van der Waals surface area (Å²) in [5, 5.41) is 27.7. The number of nitrogens with zero attached hydrogens (tertiary/aromatic N) is 2. The number of aromatic hydroxyl groups is 1. The molecule has 0 bridgehead atoms. The van der Waals surface area contributed by atoms with E-state index in [1.807, 2.05) is 0 Å². The van der Waals surface area contributed by atoms with E-state index in [-0.39, 0.29) is 16.5 Å². The van der Waals surface area contributed by atoms with Crippen molar-refractivity contribution >= 4 is 49.8 Å². The van der Waals surface area contributed by atoms with Crippen LogP contribution in [0.15, 0.2) is 63.7 Å². The molecule has 0 saturated heterocycles. The molecule has 0 aliphatic carbocycles. The van der Waals surface area contributed by atoms with Crippen LogP contribution in [0.3, 0.4) is 0 Å². The average molecular weight is 407 g/mol. The van der Waals surface area contributed by atoms with E-state index in [4.69, 9.17) is 16.7 Å². The molecule has 0 saturated carbocycles. The van der Waals surface area contributed by atoms with Crippen molar-refractivity contribution in [3.05, 3.63) is 59.1 Å². The van der Waals surface area contributed by atoms with E-state index in [0.29, 0.717) is 5.39 Å². The minimum atomic E-state index is -4.75. The lowest BCUT2D eigenvalue weighted by atomic mass is 10.1. The lowest BCUT2D eigenvalue weighted by Gasteiger charge is -2.07. The first-order valence-electron chi connectivity index (χ1n) is 7.35. The zero-order chi connectivity index (χ0) is 19.8. The van der Waals surface area contributed by atoms with Crippen LogP contribution >= 0.6 is 11.6 Å². The zero-order valence-corrected chi connectivity index (χ0v) is 14.9. The number of benzene rings is 3. The third kappa shape index (κ3) is 3.75. The van der Waals surface area contributed by atoms with Crippen molar-refractivity contribution in [3.8, 4) is 5.75 Å². The third-order valence-corrected chi connectivity index (χ3v) is 4.89. The van der Waals surface area contributed by atoms with Gasteiger partial charge in [-0.3, -0.25) is 4.55 Å². The molecule has 10 heteroatoms. The summed E-state index contributed by atoms with van der Waals surface area (Å²) in [4.78, 5) is 10.5. The van der Waals surface area contributed by atoms with Gasteiger partial charge in [-0.1, -0.05) is 41.9 Å². The van der Waals surface area contributed by atoms with Gasteiger partial charge < -0.3 is 10.2 Å². The van der Waals surface area contributed by atoms with Gasteiger partial charge in [0.15, 0.2) is 0 Å². The predicted molar refractivity (Wildman–Crippen MR) is 98.0 cm³/mol. The summed E-state index contributed by atoms with van der Waals surface area (Å²) < 4.78 is 32.5. The Balaban J connectivity index is 2.22. The quantitative estimate of drug-likeness (QED) is 0.429. The summed E-state index contributed by atoms with van der Waals surface area (Å²) in [5.74, 6) is -1.62. The van der Waals surface area contributed by atoms with E-state index in [2.05, 4.69) is 10.2 Å². The van der Waals surface area contributed by atoms with E-state index in [9.17, 15) is 22.9 Å². The summed E-state index contributed by atoms with van der Waals surface area (Å²) in [6.07, 6.45) is 0. The molecule has 3 rings (SSSR count). The van der Waals surface area contributed by atoms with Gasteiger partial charge in [-0.15, -0.1) is 10.2 Å². The van der Waals surface area contributed by atoms with Crippen molar-refractivity contribution in [3.63, 3.8) is 0 Å². The topological polar surface area (TPSA) is 137 Å². The van der Waals surface area contributed by atoms with Crippen molar-refractivity contribution in [1.82, 2.24) is 0 Å². The molecule has 0 fully saturated rings. The highest BCUT2D eigenvalue weighted by Crippen LogP contribution is 2.37. The molecule has 8 nitrogen and oxygen atoms in total. The van der Waals surface area contributed by atoms with E-state index < -0.39 is 32.2 Å². The summed E-state index contributed by atoms with van der Waals surface area (Å²) >= 11 is 5.75. The molecule has 0 unspecified atom stereocenters. The van der Waals surface area contributed by atoms with Gasteiger partial charge in [0.2, 0.25) is 0 Å². The van der Waals surface area contributed by atoms with Crippen LogP contribution in [-0.4, -0.2) is 29.2 Å². The number of carboxylic acids is 1. The first-order valence-corrected chi connectivity index (χ1v) is 9.17. The molecule has 0 radical (unpaired) electrons. The zero-order valence-electron chi connectivity index (χ0n) is 13.4. The van der Waals surface area contributed by atoms with Crippen LogP contribution in [0.5, 0.6) is 5.75 Å². The SMILES string of the molecule is O=C(O)c1cc(N=Nc2c(O)ccc3ccccc23)c(S(=O)(=O)O)cc1Cl. The van der Waals surface area contributed by atoms with Crippen molar-refractivity contribution < 1.29 is 28.0 Å². The molecule has 0 aliphatic rings. The number of aromatic carboxylic acids is 1. The first kappa shape index (κ1) is 18.8. The van der Waals surface area contributed by atoms with Crippen molar-refractivity contribution in [2.45, 2.75) is 4.90 Å². The lowest BCUT2D eigenvalue weighted by Crippen LogP contribution is -2.03. The van der Waals surface area contributed by atoms with Crippen LogP contribution in [0.25, 0.3) is 10.8 Å². The molecule has 138 valence electrons. The number of carbonyl (C=O) groups is 1. The standard InChI is InChI=1S/C17H11ClN2O6S/c18-12-8-15(27(24,25)26)13(7-11(12)17(22)23)19-20-16-10-4-2-1-3-9(10)5-6-14(16)21/h1-8,21H,(H,22,23)(H,24,25,26). The highest BCUT2D eigenvalue weighted by molar-refractivity contribution is 7.86. The molecule has 3 aromatic carbocycles. The molecule has 0 aromatic heterocycles. The second-order valence-corrected chi connectivity index (χ2v) is 7.23. The summed E-state index contributed by atoms with van der Waals surface area (Å²) in [5.41, 5.74) is -0.798. The monoisotopic (exact) mass is 406 g/mol. The molecule has 0 heterocycles. The van der Waals surface area contributed by atoms with Crippen molar-refractivity contribution in [1.29, 1.82) is 0 Å². The summed E-state index contributed by atoms with van der Waals surface area (Å²) in [7, 11) is -4.75. The molecular formula is C17H11ClN2O6S. The maximum absolute atomic E-state index is 11.6. The Morgan fingerprint density at radius 3 is 2.41 bits per heavy atom. The van der Waals surface area contributed by atoms with E-state index in [1.165, 1.54) is 6.07 Å². The normalized spacial score (nSPS) is 11.9. The number of hydrogen-bond donors (Lipinski definition) is 3. The largest absolute Gasteiger partial charge is 0.506 e. The molecule has 0 spiro atoms. The second kappa shape index (κ2) is 6.95. The van der Waals surface area contributed by atoms with Crippen LogP contribution in [0, 0.1) is 0 Å². The Morgan fingerprint density at radius 1 is 1.04 bits per heavy atom. The van der Waals surface area contributed by atoms with E-state index in [1.54, 1.807) is 30.3 Å². The highest BCUT2D eigenvalue weighted by Gasteiger charge is 2.21. The van der Waals surface area contributed by atoms with Gasteiger partial charge in [0.1, 0.15) is 22.0 Å². The average Bonchev–Trinajstić information content (AvgIpc) is 2.60. The highest BCUT2D eigenvalue weighted by atomic mass is 35.5. The Bertz CT molecular complexity index is 1210. The van der Waals surface area contributed by atoms with Gasteiger partial charge in [0.25, 0.3) is 10.1 Å².